The highest BCUT2D eigenvalue weighted by Crippen LogP contribution is 2.21. The largest absolute Gasteiger partial charge is 0.335 e. The second kappa shape index (κ2) is 6.86. The van der Waals surface area contributed by atoms with Crippen molar-refractivity contribution in [1.29, 1.82) is 0 Å². The van der Waals surface area contributed by atoms with Crippen molar-refractivity contribution in [3.05, 3.63) is 51.1 Å². The van der Waals surface area contributed by atoms with E-state index < -0.39 is 11.2 Å². The van der Waals surface area contributed by atoms with Crippen LogP contribution in [-0.4, -0.2) is 42.7 Å². The number of nitrogens with one attached hydrogen (secondary N) is 1. The number of aryl methyl sites for hydroxylation is 2. The fourth-order valence-corrected chi connectivity index (χ4v) is 3.15. The summed E-state index contributed by atoms with van der Waals surface area (Å²) in [5.74, 6) is -0.308. The van der Waals surface area contributed by atoms with Crippen molar-refractivity contribution in [2.45, 2.75) is 38.3 Å². The van der Waals surface area contributed by atoms with E-state index in [4.69, 9.17) is 0 Å². The van der Waals surface area contributed by atoms with Gasteiger partial charge in [0.15, 0.2) is 0 Å². The molecule has 128 valence electrons. The SMILES string of the molecule is Cn1cc(C(=O)N2CCCCC2CCn2cccn2)c(=O)[nH]c1=O. The van der Waals surface area contributed by atoms with Crippen LogP contribution in [0, 0.1) is 0 Å². The van der Waals surface area contributed by atoms with Gasteiger partial charge in [-0.2, -0.15) is 5.10 Å². The fourth-order valence-electron chi connectivity index (χ4n) is 3.15. The molecule has 1 N–H and O–H groups in total. The van der Waals surface area contributed by atoms with Crippen LogP contribution in [0.3, 0.4) is 0 Å². The number of carbonyl (C=O) groups is 1. The molecular formula is C16H21N5O3. The molecule has 0 aliphatic carbocycles. The molecule has 1 atom stereocenters. The molecule has 1 amide bonds. The maximum Gasteiger partial charge on any atom is 0.328 e. The van der Waals surface area contributed by atoms with E-state index >= 15 is 0 Å². The van der Waals surface area contributed by atoms with Crippen LogP contribution in [0.25, 0.3) is 0 Å². The van der Waals surface area contributed by atoms with Crippen molar-refractivity contribution in [3.63, 3.8) is 0 Å². The molecule has 8 nitrogen and oxygen atoms in total. The van der Waals surface area contributed by atoms with E-state index in [1.54, 1.807) is 11.1 Å². The predicted molar refractivity (Wildman–Crippen MR) is 87.8 cm³/mol. The maximum atomic E-state index is 12.8. The van der Waals surface area contributed by atoms with Crippen molar-refractivity contribution in [2.24, 2.45) is 7.05 Å². The van der Waals surface area contributed by atoms with E-state index in [1.807, 2.05) is 16.9 Å². The van der Waals surface area contributed by atoms with Crippen LogP contribution in [0.5, 0.6) is 0 Å². The van der Waals surface area contributed by atoms with E-state index in [-0.39, 0.29) is 17.5 Å². The van der Waals surface area contributed by atoms with Crippen molar-refractivity contribution in [3.8, 4) is 0 Å². The third-order valence-corrected chi connectivity index (χ3v) is 4.48. The highest BCUT2D eigenvalue weighted by Gasteiger charge is 2.29. The first-order valence-corrected chi connectivity index (χ1v) is 8.14. The molecule has 2 aromatic rings. The number of aromatic nitrogens is 4. The lowest BCUT2D eigenvalue weighted by atomic mass is 9.98. The number of amides is 1. The monoisotopic (exact) mass is 331 g/mol. The third-order valence-electron chi connectivity index (χ3n) is 4.48. The van der Waals surface area contributed by atoms with Gasteiger partial charge in [0, 0.05) is 44.8 Å². The molecule has 3 heterocycles. The molecule has 1 unspecified atom stereocenters. The highest BCUT2D eigenvalue weighted by molar-refractivity contribution is 5.93. The summed E-state index contributed by atoms with van der Waals surface area (Å²) in [7, 11) is 1.51. The molecule has 24 heavy (non-hydrogen) atoms. The first-order valence-electron chi connectivity index (χ1n) is 8.14. The summed E-state index contributed by atoms with van der Waals surface area (Å²) in [6, 6.07) is 1.94. The Kier molecular flexibility index (Phi) is 4.64. The summed E-state index contributed by atoms with van der Waals surface area (Å²) < 4.78 is 3.06. The van der Waals surface area contributed by atoms with Gasteiger partial charge in [-0.15, -0.1) is 0 Å². The standard InChI is InChI=1S/C16H21N5O3/c1-19-11-13(14(22)18-16(19)24)15(23)21-9-3-2-5-12(21)6-10-20-8-4-7-17-20/h4,7-8,11-12H,2-3,5-6,9-10H2,1H3,(H,18,22,24). The molecular weight excluding hydrogens is 310 g/mol. The summed E-state index contributed by atoms with van der Waals surface area (Å²) in [5, 5.41) is 4.18. The average molecular weight is 331 g/mol. The quantitative estimate of drug-likeness (QED) is 0.875. The lowest BCUT2D eigenvalue weighted by molar-refractivity contribution is 0.0591. The van der Waals surface area contributed by atoms with Gasteiger partial charge in [-0.05, 0) is 31.7 Å². The Morgan fingerprint density at radius 3 is 2.96 bits per heavy atom. The van der Waals surface area contributed by atoms with Crippen LogP contribution in [0.1, 0.15) is 36.0 Å². The van der Waals surface area contributed by atoms with Crippen molar-refractivity contribution < 1.29 is 4.79 Å². The zero-order valence-corrected chi connectivity index (χ0v) is 13.6. The van der Waals surface area contributed by atoms with E-state index in [0.29, 0.717) is 6.54 Å². The van der Waals surface area contributed by atoms with Gasteiger partial charge in [-0.25, -0.2) is 4.79 Å². The second-order valence-corrected chi connectivity index (χ2v) is 6.12. The molecule has 1 aliphatic heterocycles. The number of hydrogen-bond donors (Lipinski definition) is 1. The van der Waals surface area contributed by atoms with Crippen LogP contribution >= 0.6 is 0 Å². The topological polar surface area (TPSA) is 93.0 Å². The predicted octanol–water partition coefficient (Wildman–Crippen LogP) is 0.355. The fraction of sp³-hybridized carbons (Fsp3) is 0.500. The average Bonchev–Trinajstić information content (AvgIpc) is 3.09. The molecule has 2 aromatic heterocycles. The van der Waals surface area contributed by atoms with Crippen LogP contribution in [0.15, 0.2) is 34.2 Å². The summed E-state index contributed by atoms with van der Waals surface area (Å²) in [4.78, 5) is 40.2. The Bertz CT molecular complexity index is 821. The molecule has 8 heteroatoms. The van der Waals surface area contributed by atoms with Crippen LogP contribution in [0.2, 0.25) is 0 Å². The minimum absolute atomic E-state index is 0.0167. The number of carbonyl (C=O) groups excluding carboxylic acids is 1. The summed E-state index contributed by atoms with van der Waals surface area (Å²) in [6.07, 6.45) is 8.64. The van der Waals surface area contributed by atoms with Crippen LogP contribution < -0.4 is 11.2 Å². The van der Waals surface area contributed by atoms with E-state index in [0.717, 1.165) is 32.2 Å². The second-order valence-electron chi connectivity index (χ2n) is 6.12. The number of hydrogen-bond acceptors (Lipinski definition) is 4. The summed E-state index contributed by atoms with van der Waals surface area (Å²) in [6.45, 7) is 1.36. The number of H-pyrrole nitrogens is 1. The van der Waals surface area contributed by atoms with Gasteiger partial charge in [0.25, 0.3) is 11.5 Å². The Morgan fingerprint density at radius 2 is 2.21 bits per heavy atom. The molecule has 1 fully saturated rings. The molecule has 3 rings (SSSR count). The van der Waals surface area contributed by atoms with Crippen molar-refractivity contribution >= 4 is 5.91 Å². The summed E-state index contributed by atoms with van der Waals surface area (Å²) >= 11 is 0. The summed E-state index contributed by atoms with van der Waals surface area (Å²) in [5.41, 5.74) is -1.13. The molecule has 0 spiro atoms. The minimum atomic E-state index is -0.625. The number of rotatable bonds is 4. The number of likely N-dealkylation sites (tertiary alicyclic amines) is 1. The van der Waals surface area contributed by atoms with E-state index in [1.165, 1.54) is 17.8 Å². The van der Waals surface area contributed by atoms with Crippen molar-refractivity contribution in [1.82, 2.24) is 24.2 Å². The Hall–Kier alpha value is -2.64. The molecule has 1 saturated heterocycles. The van der Waals surface area contributed by atoms with Crippen molar-refractivity contribution in [2.75, 3.05) is 6.54 Å². The maximum absolute atomic E-state index is 12.8. The minimum Gasteiger partial charge on any atom is -0.335 e. The normalized spacial score (nSPS) is 17.9. The molecule has 0 aromatic carbocycles. The van der Waals surface area contributed by atoms with Gasteiger partial charge in [-0.1, -0.05) is 0 Å². The highest BCUT2D eigenvalue weighted by atomic mass is 16.2. The lowest BCUT2D eigenvalue weighted by Gasteiger charge is -2.35. The van der Waals surface area contributed by atoms with Gasteiger partial charge in [0.1, 0.15) is 5.56 Å². The smallest absolute Gasteiger partial charge is 0.328 e. The molecule has 0 bridgehead atoms. The number of nitrogens with zero attached hydrogens (tertiary/aromatic N) is 4. The lowest BCUT2D eigenvalue weighted by Crippen LogP contribution is -2.46. The van der Waals surface area contributed by atoms with Crippen LogP contribution in [-0.2, 0) is 13.6 Å². The zero-order chi connectivity index (χ0) is 17.1. The van der Waals surface area contributed by atoms with Gasteiger partial charge in [0.05, 0.1) is 0 Å². The number of aromatic amines is 1. The molecule has 0 saturated carbocycles. The van der Waals surface area contributed by atoms with Crippen LogP contribution in [0.4, 0.5) is 0 Å². The molecule has 1 aliphatic rings. The Morgan fingerprint density at radius 1 is 1.38 bits per heavy atom. The van der Waals surface area contributed by atoms with Gasteiger partial charge in [-0.3, -0.25) is 19.3 Å². The number of piperidine rings is 1. The van der Waals surface area contributed by atoms with E-state index in [2.05, 4.69) is 10.1 Å². The van der Waals surface area contributed by atoms with Gasteiger partial charge >= 0.3 is 5.69 Å². The Balaban J connectivity index is 1.79. The van der Waals surface area contributed by atoms with E-state index in [9.17, 15) is 14.4 Å². The van der Waals surface area contributed by atoms with Gasteiger partial charge < -0.3 is 9.47 Å². The Labute approximate surface area is 138 Å². The first kappa shape index (κ1) is 16.2. The third kappa shape index (κ3) is 3.32. The zero-order valence-electron chi connectivity index (χ0n) is 13.6. The first-order chi connectivity index (χ1) is 11.6. The molecule has 0 radical (unpaired) electrons. The van der Waals surface area contributed by atoms with Gasteiger partial charge in [0.2, 0.25) is 0 Å².